The molecule has 0 saturated carbocycles. The molecule has 0 N–H and O–H groups in total. The molecule has 2 rings (SSSR count). The summed E-state index contributed by atoms with van der Waals surface area (Å²) >= 11 is 0. The number of allylic oxidation sites excluding steroid dienone is 1. The van der Waals surface area contributed by atoms with Gasteiger partial charge in [-0.1, -0.05) is 42.0 Å². The third-order valence-corrected chi connectivity index (χ3v) is 2.69. The van der Waals surface area contributed by atoms with Crippen LogP contribution in [0.3, 0.4) is 0 Å². The Hall–Kier alpha value is -1.56. The molecule has 0 radical (unpaired) electrons. The van der Waals surface area contributed by atoms with E-state index in [1.807, 2.05) is 6.92 Å². The van der Waals surface area contributed by atoms with E-state index in [4.69, 9.17) is 0 Å². The smallest absolute Gasteiger partial charge is 0.0154 e. The summed E-state index contributed by atoms with van der Waals surface area (Å²) in [5, 5.41) is 2.69. The zero-order valence-corrected chi connectivity index (χ0v) is 9.54. The minimum Gasteiger partial charge on any atom is -0.0871 e. The van der Waals surface area contributed by atoms with Crippen molar-refractivity contribution >= 4 is 16.8 Å². The standard InChI is InChI=1S/C15H16/c1-4-5-13-6-7-15-12(3)8-11(2)9-14(15)10-13/h4-10H,1-3H3/b5-4+. The summed E-state index contributed by atoms with van der Waals surface area (Å²) in [5.41, 5.74) is 3.96. The minimum absolute atomic E-state index is 1.27. The highest BCUT2D eigenvalue weighted by atomic mass is 14.0. The lowest BCUT2D eigenvalue weighted by atomic mass is 10.0. The predicted octanol–water partition coefficient (Wildman–Crippen LogP) is 4.49. The van der Waals surface area contributed by atoms with Crippen LogP contribution in [0.15, 0.2) is 36.4 Å². The molecule has 2 aromatic rings. The van der Waals surface area contributed by atoms with Crippen molar-refractivity contribution in [2.75, 3.05) is 0 Å². The molecule has 0 spiro atoms. The normalized spacial score (nSPS) is 11.4. The first kappa shape index (κ1) is 9.97. The van der Waals surface area contributed by atoms with Crippen LogP contribution >= 0.6 is 0 Å². The Balaban J connectivity index is 2.70. The molecule has 0 aliphatic carbocycles. The van der Waals surface area contributed by atoms with Crippen molar-refractivity contribution in [1.29, 1.82) is 0 Å². The molecule has 0 fully saturated rings. The highest BCUT2D eigenvalue weighted by Gasteiger charge is 1.98. The zero-order valence-electron chi connectivity index (χ0n) is 9.54. The summed E-state index contributed by atoms with van der Waals surface area (Å²) in [7, 11) is 0. The molecular formula is C15H16. The Kier molecular flexibility index (Phi) is 2.59. The van der Waals surface area contributed by atoms with E-state index in [9.17, 15) is 0 Å². The van der Waals surface area contributed by atoms with Crippen molar-refractivity contribution in [1.82, 2.24) is 0 Å². The monoisotopic (exact) mass is 196 g/mol. The molecule has 2 aromatic carbocycles. The predicted molar refractivity (Wildman–Crippen MR) is 68.1 cm³/mol. The Morgan fingerprint density at radius 2 is 1.80 bits per heavy atom. The lowest BCUT2D eigenvalue weighted by Crippen LogP contribution is -1.82. The summed E-state index contributed by atoms with van der Waals surface area (Å²) in [6.07, 6.45) is 4.21. The van der Waals surface area contributed by atoms with Crippen LogP contribution in [0, 0.1) is 13.8 Å². The van der Waals surface area contributed by atoms with E-state index in [-0.39, 0.29) is 0 Å². The van der Waals surface area contributed by atoms with E-state index < -0.39 is 0 Å². The first-order chi connectivity index (χ1) is 7.20. The van der Waals surface area contributed by atoms with E-state index >= 15 is 0 Å². The van der Waals surface area contributed by atoms with E-state index in [1.54, 1.807) is 0 Å². The average Bonchev–Trinajstić information content (AvgIpc) is 2.17. The molecule has 0 heterocycles. The number of aryl methyl sites for hydroxylation is 2. The Labute approximate surface area is 91.2 Å². The molecule has 76 valence electrons. The third kappa shape index (κ3) is 1.94. The average molecular weight is 196 g/mol. The SMILES string of the molecule is C/C=C/c1ccc2c(C)cc(C)cc2c1. The van der Waals surface area contributed by atoms with E-state index in [1.165, 1.54) is 27.5 Å². The van der Waals surface area contributed by atoms with Gasteiger partial charge in [0.15, 0.2) is 0 Å². The van der Waals surface area contributed by atoms with Crippen LogP contribution in [0.4, 0.5) is 0 Å². The van der Waals surface area contributed by atoms with Gasteiger partial charge in [0.05, 0.1) is 0 Å². The summed E-state index contributed by atoms with van der Waals surface area (Å²) in [6.45, 7) is 6.37. The second-order valence-corrected chi connectivity index (χ2v) is 4.06. The van der Waals surface area contributed by atoms with Crippen LogP contribution in [0.2, 0.25) is 0 Å². The van der Waals surface area contributed by atoms with Gasteiger partial charge in [-0.2, -0.15) is 0 Å². The van der Waals surface area contributed by atoms with Crippen molar-refractivity contribution in [3.05, 3.63) is 53.1 Å². The number of benzene rings is 2. The fourth-order valence-corrected chi connectivity index (χ4v) is 2.06. The van der Waals surface area contributed by atoms with Crippen molar-refractivity contribution in [3.63, 3.8) is 0 Å². The lowest BCUT2D eigenvalue weighted by Gasteiger charge is -2.05. The first-order valence-electron chi connectivity index (χ1n) is 5.34. The van der Waals surface area contributed by atoms with Gasteiger partial charge in [0.1, 0.15) is 0 Å². The van der Waals surface area contributed by atoms with Crippen LogP contribution in [0.25, 0.3) is 16.8 Å². The van der Waals surface area contributed by atoms with Crippen LogP contribution in [0.5, 0.6) is 0 Å². The highest BCUT2D eigenvalue weighted by molar-refractivity contribution is 5.88. The van der Waals surface area contributed by atoms with Crippen LogP contribution in [-0.2, 0) is 0 Å². The molecule has 0 aliphatic rings. The van der Waals surface area contributed by atoms with Gasteiger partial charge in [-0.25, -0.2) is 0 Å². The molecule has 0 heteroatoms. The fraction of sp³-hybridized carbons (Fsp3) is 0.200. The van der Waals surface area contributed by atoms with Crippen LogP contribution in [-0.4, -0.2) is 0 Å². The fourth-order valence-electron chi connectivity index (χ4n) is 2.06. The van der Waals surface area contributed by atoms with Gasteiger partial charge in [-0.05, 0) is 48.7 Å². The van der Waals surface area contributed by atoms with E-state index in [2.05, 4.69) is 56.3 Å². The minimum atomic E-state index is 1.27. The highest BCUT2D eigenvalue weighted by Crippen LogP contribution is 2.22. The molecule has 0 aromatic heterocycles. The van der Waals surface area contributed by atoms with Gasteiger partial charge in [0, 0.05) is 0 Å². The summed E-state index contributed by atoms with van der Waals surface area (Å²) < 4.78 is 0. The van der Waals surface area contributed by atoms with Crippen molar-refractivity contribution in [3.8, 4) is 0 Å². The van der Waals surface area contributed by atoms with Gasteiger partial charge in [0.2, 0.25) is 0 Å². The lowest BCUT2D eigenvalue weighted by molar-refractivity contribution is 1.43. The van der Waals surface area contributed by atoms with E-state index in [0.717, 1.165) is 0 Å². The third-order valence-electron chi connectivity index (χ3n) is 2.69. The van der Waals surface area contributed by atoms with Gasteiger partial charge in [0.25, 0.3) is 0 Å². The quantitative estimate of drug-likeness (QED) is 0.630. The van der Waals surface area contributed by atoms with Crippen LogP contribution in [0.1, 0.15) is 23.6 Å². The summed E-state index contributed by atoms with van der Waals surface area (Å²) in [5.74, 6) is 0. The Morgan fingerprint density at radius 1 is 1.00 bits per heavy atom. The maximum Gasteiger partial charge on any atom is -0.0154 e. The molecule has 0 bridgehead atoms. The molecule has 0 nitrogen and oxygen atoms in total. The second kappa shape index (κ2) is 3.90. The van der Waals surface area contributed by atoms with Gasteiger partial charge < -0.3 is 0 Å². The number of hydrogen-bond acceptors (Lipinski definition) is 0. The molecular weight excluding hydrogens is 180 g/mol. The summed E-state index contributed by atoms with van der Waals surface area (Å²) in [6, 6.07) is 11.1. The van der Waals surface area contributed by atoms with Crippen molar-refractivity contribution in [2.45, 2.75) is 20.8 Å². The maximum atomic E-state index is 2.25. The van der Waals surface area contributed by atoms with E-state index in [0.29, 0.717) is 0 Å². The van der Waals surface area contributed by atoms with Crippen molar-refractivity contribution < 1.29 is 0 Å². The van der Waals surface area contributed by atoms with Gasteiger partial charge in [-0.3, -0.25) is 0 Å². The first-order valence-corrected chi connectivity index (χ1v) is 5.34. The molecule has 0 aliphatic heterocycles. The molecule has 15 heavy (non-hydrogen) atoms. The second-order valence-electron chi connectivity index (χ2n) is 4.06. The number of hydrogen-bond donors (Lipinski definition) is 0. The summed E-state index contributed by atoms with van der Waals surface area (Å²) in [4.78, 5) is 0. The topological polar surface area (TPSA) is 0 Å². The Morgan fingerprint density at radius 3 is 2.53 bits per heavy atom. The number of rotatable bonds is 1. The van der Waals surface area contributed by atoms with Gasteiger partial charge in [-0.15, -0.1) is 0 Å². The number of fused-ring (bicyclic) bond motifs is 1. The Bertz CT molecular complexity index is 519. The molecule has 0 unspecified atom stereocenters. The zero-order chi connectivity index (χ0) is 10.8. The van der Waals surface area contributed by atoms with Gasteiger partial charge >= 0.3 is 0 Å². The molecule has 0 amide bonds. The van der Waals surface area contributed by atoms with Crippen molar-refractivity contribution in [2.24, 2.45) is 0 Å². The largest absolute Gasteiger partial charge is 0.0871 e. The molecule has 0 saturated heterocycles. The molecule has 0 atom stereocenters. The van der Waals surface area contributed by atoms with Crippen LogP contribution < -0.4 is 0 Å². The maximum absolute atomic E-state index is 2.25.